The standard InChI is InChI=1S/C44H62N6O10S4/c1-36-9-17-40(18-10-36)61(53,54)45-25-29-48(30-26-46-62(55,56)41-19-11-37(2)12-20-41)32-33-49(31-27-47-63(57,58)42-21-13-38(3)14-22-42)34-35-50(28-7-5-6-8-44(51)52)64(59,60)43-23-15-39(4)16-24-43/h9-24,45-47H,5-8,25-35H2,1-4H3,(H,51,52). The molecule has 0 aliphatic carbocycles. The maximum Gasteiger partial charge on any atom is 0.303 e. The first-order valence-electron chi connectivity index (χ1n) is 21.1. The summed E-state index contributed by atoms with van der Waals surface area (Å²) in [4.78, 5) is 15.3. The predicted octanol–water partition coefficient (Wildman–Crippen LogP) is 4.10. The number of aryl methyl sites for hydroxylation is 4. The molecule has 0 saturated heterocycles. The van der Waals surface area contributed by atoms with Crippen molar-refractivity contribution in [2.75, 3.05) is 72.0 Å². The quantitative estimate of drug-likeness (QED) is 0.0566. The van der Waals surface area contributed by atoms with Gasteiger partial charge in [0.05, 0.1) is 19.6 Å². The van der Waals surface area contributed by atoms with Gasteiger partial charge in [-0.2, -0.15) is 4.31 Å². The molecule has 0 unspecified atom stereocenters. The van der Waals surface area contributed by atoms with Crippen LogP contribution in [0.15, 0.2) is 117 Å². The molecule has 20 heteroatoms. The monoisotopic (exact) mass is 962 g/mol. The van der Waals surface area contributed by atoms with Crippen LogP contribution in [-0.4, -0.2) is 131 Å². The van der Waals surface area contributed by atoms with Crippen LogP contribution < -0.4 is 14.2 Å². The van der Waals surface area contributed by atoms with Crippen molar-refractivity contribution in [3.05, 3.63) is 119 Å². The number of sulfonamides is 4. The maximum absolute atomic E-state index is 14.1. The minimum absolute atomic E-state index is 0.0122. The largest absolute Gasteiger partial charge is 0.481 e. The van der Waals surface area contributed by atoms with Crippen molar-refractivity contribution < 1.29 is 43.6 Å². The molecular weight excluding hydrogens is 901 g/mol. The Morgan fingerprint density at radius 2 is 0.734 bits per heavy atom. The van der Waals surface area contributed by atoms with Crippen molar-refractivity contribution in [3.8, 4) is 0 Å². The van der Waals surface area contributed by atoms with Gasteiger partial charge in [0, 0.05) is 78.4 Å². The van der Waals surface area contributed by atoms with Gasteiger partial charge in [-0.1, -0.05) is 77.2 Å². The molecule has 352 valence electrons. The Morgan fingerprint density at radius 3 is 1.08 bits per heavy atom. The van der Waals surface area contributed by atoms with E-state index in [4.69, 9.17) is 5.11 Å². The van der Waals surface area contributed by atoms with Crippen LogP contribution >= 0.6 is 0 Å². The second kappa shape index (κ2) is 24.4. The van der Waals surface area contributed by atoms with Crippen LogP contribution in [0.3, 0.4) is 0 Å². The van der Waals surface area contributed by atoms with E-state index < -0.39 is 46.1 Å². The van der Waals surface area contributed by atoms with E-state index in [1.54, 1.807) is 48.5 Å². The van der Waals surface area contributed by atoms with Gasteiger partial charge in [-0.3, -0.25) is 14.6 Å². The third-order valence-electron chi connectivity index (χ3n) is 10.5. The molecule has 4 N–H and O–H groups in total. The number of nitrogens with one attached hydrogen (secondary N) is 3. The van der Waals surface area contributed by atoms with Crippen LogP contribution in [0.5, 0.6) is 0 Å². The predicted molar refractivity (Wildman–Crippen MR) is 248 cm³/mol. The van der Waals surface area contributed by atoms with E-state index >= 15 is 0 Å². The minimum Gasteiger partial charge on any atom is -0.481 e. The zero-order valence-electron chi connectivity index (χ0n) is 36.9. The smallest absolute Gasteiger partial charge is 0.303 e. The number of carbonyl (C=O) groups is 1. The summed E-state index contributed by atoms with van der Waals surface area (Å²) in [7, 11) is -15.6. The summed E-state index contributed by atoms with van der Waals surface area (Å²) in [6.07, 6.45) is 1.26. The normalized spacial score (nSPS) is 12.7. The van der Waals surface area contributed by atoms with E-state index in [1.165, 1.54) is 52.8 Å². The summed E-state index contributed by atoms with van der Waals surface area (Å²) < 4.78 is 117. The number of benzene rings is 4. The molecule has 0 atom stereocenters. The molecule has 0 fully saturated rings. The van der Waals surface area contributed by atoms with Gasteiger partial charge in [0.2, 0.25) is 40.1 Å². The number of rotatable bonds is 29. The fourth-order valence-electron chi connectivity index (χ4n) is 6.58. The molecule has 0 aliphatic rings. The fraction of sp³-hybridized carbons (Fsp3) is 0.432. The molecule has 16 nitrogen and oxygen atoms in total. The maximum atomic E-state index is 14.1. The molecule has 0 aromatic heterocycles. The minimum atomic E-state index is -4.00. The highest BCUT2D eigenvalue weighted by molar-refractivity contribution is 7.90. The molecule has 4 rings (SSSR count). The highest BCUT2D eigenvalue weighted by Crippen LogP contribution is 2.19. The van der Waals surface area contributed by atoms with E-state index in [1.807, 2.05) is 37.5 Å². The first kappa shape index (κ1) is 52.5. The van der Waals surface area contributed by atoms with Crippen molar-refractivity contribution in [3.63, 3.8) is 0 Å². The lowest BCUT2D eigenvalue weighted by Gasteiger charge is -2.30. The lowest BCUT2D eigenvalue weighted by atomic mass is 10.2. The number of unbranched alkanes of at least 4 members (excludes halogenated alkanes) is 2. The second-order valence-electron chi connectivity index (χ2n) is 15.7. The number of aliphatic carboxylic acids is 1. The van der Waals surface area contributed by atoms with Crippen LogP contribution in [0.1, 0.15) is 47.9 Å². The number of carboxylic acid groups (broad SMARTS) is 1. The SMILES string of the molecule is Cc1ccc(S(=O)(=O)NCCN(CCNS(=O)(=O)c2ccc(C)cc2)CCN(CCNS(=O)(=O)c2ccc(C)cc2)CCN(CCCCCC(=O)O)S(=O)(=O)c2ccc(C)cc2)cc1. The van der Waals surface area contributed by atoms with Crippen molar-refractivity contribution in [1.29, 1.82) is 0 Å². The van der Waals surface area contributed by atoms with Crippen molar-refractivity contribution >= 4 is 46.1 Å². The molecule has 0 amide bonds. The zero-order chi connectivity index (χ0) is 47.0. The zero-order valence-corrected chi connectivity index (χ0v) is 40.2. The van der Waals surface area contributed by atoms with Crippen LogP contribution in [0.25, 0.3) is 0 Å². The van der Waals surface area contributed by atoms with Gasteiger partial charge in [-0.15, -0.1) is 0 Å². The van der Waals surface area contributed by atoms with Gasteiger partial charge in [-0.05, 0) is 89.1 Å². The van der Waals surface area contributed by atoms with E-state index in [-0.39, 0.29) is 98.0 Å². The number of nitrogens with zero attached hydrogens (tertiary/aromatic N) is 3. The summed E-state index contributed by atoms with van der Waals surface area (Å²) in [5.41, 5.74) is 3.58. The Labute approximate surface area is 380 Å². The van der Waals surface area contributed by atoms with Crippen molar-refractivity contribution in [1.82, 2.24) is 28.3 Å². The fourth-order valence-corrected chi connectivity index (χ4v) is 11.1. The molecule has 0 saturated carbocycles. The van der Waals surface area contributed by atoms with Gasteiger partial charge in [0.15, 0.2) is 0 Å². The van der Waals surface area contributed by atoms with Crippen molar-refractivity contribution in [2.24, 2.45) is 0 Å². The van der Waals surface area contributed by atoms with E-state index in [2.05, 4.69) is 14.2 Å². The topological polar surface area (TPSA) is 220 Å². The number of carboxylic acids is 1. The average Bonchev–Trinajstić information content (AvgIpc) is 3.23. The first-order valence-corrected chi connectivity index (χ1v) is 27.0. The second-order valence-corrected chi connectivity index (χ2v) is 23.0. The van der Waals surface area contributed by atoms with E-state index in [9.17, 15) is 38.5 Å². The molecule has 0 bridgehead atoms. The van der Waals surface area contributed by atoms with E-state index in [0.29, 0.717) is 19.3 Å². The van der Waals surface area contributed by atoms with Gasteiger partial charge in [-0.25, -0.2) is 47.8 Å². The highest BCUT2D eigenvalue weighted by atomic mass is 32.2. The Balaban J connectivity index is 1.56. The summed E-state index contributed by atoms with van der Waals surface area (Å²) in [6, 6.07) is 25.8. The number of hydrogen-bond donors (Lipinski definition) is 4. The molecule has 4 aromatic rings. The van der Waals surface area contributed by atoms with Gasteiger partial charge >= 0.3 is 5.97 Å². The summed E-state index contributed by atoms with van der Waals surface area (Å²) in [5, 5.41) is 9.11. The van der Waals surface area contributed by atoms with Gasteiger partial charge < -0.3 is 5.11 Å². The van der Waals surface area contributed by atoms with E-state index in [0.717, 1.165) is 22.3 Å². The third kappa shape index (κ3) is 17.0. The molecule has 0 spiro atoms. The van der Waals surface area contributed by atoms with Crippen LogP contribution in [0.2, 0.25) is 0 Å². The lowest BCUT2D eigenvalue weighted by molar-refractivity contribution is -0.137. The molecule has 4 aromatic carbocycles. The molecule has 64 heavy (non-hydrogen) atoms. The average molecular weight is 963 g/mol. The highest BCUT2D eigenvalue weighted by Gasteiger charge is 2.26. The molecule has 0 radical (unpaired) electrons. The first-order chi connectivity index (χ1) is 30.2. The Morgan fingerprint density at radius 1 is 0.422 bits per heavy atom. The Bertz CT molecular complexity index is 2460. The molecular formula is C44H62N6O10S4. The lowest BCUT2D eigenvalue weighted by Crippen LogP contribution is -2.46. The summed E-state index contributed by atoms with van der Waals surface area (Å²) >= 11 is 0. The van der Waals surface area contributed by atoms with Crippen molar-refractivity contribution in [2.45, 2.75) is 73.0 Å². The van der Waals surface area contributed by atoms with Crippen LogP contribution in [0.4, 0.5) is 0 Å². The Kier molecular flexibility index (Phi) is 20.1. The van der Waals surface area contributed by atoms with Crippen LogP contribution in [0, 0.1) is 27.7 Å². The number of hydrogen-bond acceptors (Lipinski definition) is 11. The van der Waals surface area contributed by atoms with Gasteiger partial charge in [0.25, 0.3) is 0 Å². The van der Waals surface area contributed by atoms with Gasteiger partial charge in [0.1, 0.15) is 0 Å². The summed E-state index contributed by atoms with van der Waals surface area (Å²) in [6.45, 7) is 8.70. The summed E-state index contributed by atoms with van der Waals surface area (Å²) in [5.74, 6) is -0.931. The molecule has 0 aliphatic heterocycles. The van der Waals surface area contributed by atoms with Crippen LogP contribution in [-0.2, 0) is 44.9 Å². The third-order valence-corrected chi connectivity index (χ3v) is 16.9. The molecule has 0 heterocycles. The Hall–Kier alpha value is -4.09.